The van der Waals surface area contributed by atoms with E-state index in [4.69, 9.17) is 0 Å². The van der Waals surface area contributed by atoms with E-state index in [1.54, 1.807) is 6.07 Å². The zero-order valence-corrected chi connectivity index (χ0v) is 14.6. The highest BCUT2D eigenvalue weighted by Gasteiger charge is 2.34. The number of hydrogen-bond donors (Lipinski definition) is 0. The minimum Gasteiger partial charge on any atom is -0.166 e. The quantitative estimate of drug-likeness (QED) is 0.547. The van der Waals surface area contributed by atoms with Gasteiger partial charge in [-0.15, -0.1) is 0 Å². The molecule has 0 aromatic heterocycles. The lowest BCUT2D eigenvalue weighted by atomic mass is 9.67. The first kappa shape index (κ1) is 17.8. The van der Waals surface area contributed by atoms with Crippen molar-refractivity contribution >= 4 is 0 Å². The Labute approximate surface area is 143 Å². The molecule has 1 aromatic carbocycles. The molecule has 0 saturated heterocycles. The Bertz CT molecular complexity index is 526. The molecule has 0 amide bonds. The molecule has 3 rings (SSSR count). The highest BCUT2D eigenvalue weighted by molar-refractivity contribution is 5.28. The monoisotopic (exact) mass is 338 g/mol. The summed E-state index contributed by atoms with van der Waals surface area (Å²) in [5.74, 6) is 2.75. The van der Waals surface area contributed by atoms with Crippen LogP contribution in [0.4, 0.5) is 13.2 Å². The van der Waals surface area contributed by atoms with Gasteiger partial charge < -0.3 is 0 Å². The summed E-state index contributed by atoms with van der Waals surface area (Å²) in [5, 5.41) is 0. The van der Waals surface area contributed by atoms with Gasteiger partial charge in [-0.2, -0.15) is 13.2 Å². The molecule has 2 saturated carbocycles. The van der Waals surface area contributed by atoms with Crippen molar-refractivity contribution in [2.75, 3.05) is 0 Å². The van der Waals surface area contributed by atoms with Crippen molar-refractivity contribution in [1.29, 1.82) is 0 Å². The van der Waals surface area contributed by atoms with Crippen LogP contribution in [0.25, 0.3) is 0 Å². The van der Waals surface area contributed by atoms with Gasteiger partial charge in [0.2, 0.25) is 0 Å². The fraction of sp³-hybridized carbons (Fsp3) is 0.714. The molecule has 2 aliphatic carbocycles. The van der Waals surface area contributed by atoms with Crippen LogP contribution in [0.1, 0.15) is 81.8 Å². The highest BCUT2D eigenvalue weighted by atomic mass is 19.4. The van der Waals surface area contributed by atoms with E-state index in [-0.39, 0.29) is 0 Å². The van der Waals surface area contributed by atoms with Gasteiger partial charge in [-0.1, -0.05) is 57.2 Å². The number of hydrogen-bond acceptors (Lipinski definition) is 0. The summed E-state index contributed by atoms with van der Waals surface area (Å²) in [5.41, 5.74) is 0.405. The van der Waals surface area contributed by atoms with E-state index in [2.05, 4.69) is 6.92 Å². The van der Waals surface area contributed by atoms with Crippen LogP contribution < -0.4 is 0 Å². The predicted molar refractivity (Wildman–Crippen MR) is 91.9 cm³/mol. The predicted octanol–water partition coefficient (Wildman–Crippen LogP) is 7.20. The Balaban J connectivity index is 1.66. The molecule has 1 aromatic rings. The molecule has 24 heavy (non-hydrogen) atoms. The molecule has 2 fully saturated rings. The van der Waals surface area contributed by atoms with E-state index in [0.717, 1.165) is 36.2 Å². The molecule has 3 heteroatoms. The Kier molecular flexibility index (Phi) is 5.56. The van der Waals surface area contributed by atoms with E-state index < -0.39 is 11.7 Å². The normalized spacial score (nSPS) is 31.8. The van der Waals surface area contributed by atoms with Crippen LogP contribution in [-0.4, -0.2) is 0 Å². The third kappa shape index (κ3) is 4.15. The highest BCUT2D eigenvalue weighted by Crippen LogP contribution is 2.45. The average molecular weight is 338 g/mol. The van der Waals surface area contributed by atoms with E-state index in [1.165, 1.54) is 57.1 Å². The standard InChI is InChI=1S/C21H29F3/c1-2-15-9-11-16(12-10-15)17-5-3-6-18(13-17)19-7-4-8-20(14-19)21(22,23)24/h4,7-8,14-18H,2-3,5-6,9-13H2,1H3. The van der Waals surface area contributed by atoms with Crippen molar-refractivity contribution in [3.05, 3.63) is 35.4 Å². The molecule has 2 atom stereocenters. The first-order valence-corrected chi connectivity index (χ1v) is 9.64. The van der Waals surface area contributed by atoms with Gasteiger partial charge in [0, 0.05) is 0 Å². The molecule has 2 unspecified atom stereocenters. The van der Waals surface area contributed by atoms with E-state index >= 15 is 0 Å². The second-order valence-electron chi connectivity index (χ2n) is 7.94. The molecule has 0 N–H and O–H groups in total. The molecule has 0 radical (unpaired) electrons. The third-order valence-electron chi connectivity index (χ3n) is 6.54. The second-order valence-corrected chi connectivity index (χ2v) is 7.94. The Morgan fingerprint density at radius 3 is 2.38 bits per heavy atom. The largest absolute Gasteiger partial charge is 0.416 e. The van der Waals surface area contributed by atoms with Crippen LogP contribution >= 0.6 is 0 Å². The van der Waals surface area contributed by atoms with Gasteiger partial charge in [-0.05, 0) is 61.0 Å². The minimum atomic E-state index is -4.23. The first-order chi connectivity index (χ1) is 11.5. The van der Waals surface area contributed by atoms with Crippen molar-refractivity contribution in [3.63, 3.8) is 0 Å². The topological polar surface area (TPSA) is 0 Å². The summed E-state index contributed by atoms with van der Waals surface area (Å²) in [6.45, 7) is 2.29. The van der Waals surface area contributed by atoms with Crippen molar-refractivity contribution in [1.82, 2.24) is 0 Å². The van der Waals surface area contributed by atoms with Gasteiger partial charge in [0.05, 0.1) is 5.56 Å². The van der Waals surface area contributed by atoms with Gasteiger partial charge in [-0.3, -0.25) is 0 Å². The van der Waals surface area contributed by atoms with Gasteiger partial charge in [0.15, 0.2) is 0 Å². The maximum Gasteiger partial charge on any atom is 0.416 e. The molecule has 2 aliphatic rings. The van der Waals surface area contributed by atoms with E-state index in [1.807, 2.05) is 6.07 Å². The Morgan fingerprint density at radius 2 is 1.71 bits per heavy atom. The molecule has 134 valence electrons. The van der Waals surface area contributed by atoms with Crippen LogP contribution in [-0.2, 0) is 6.18 Å². The number of benzene rings is 1. The van der Waals surface area contributed by atoms with Crippen molar-refractivity contribution in [2.45, 2.75) is 76.8 Å². The van der Waals surface area contributed by atoms with E-state index in [0.29, 0.717) is 5.92 Å². The number of halogens is 3. The van der Waals surface area contributed by atoms with E-state index in [9.17, 15) is 13.2 Å². The second kappa shape index (κ2) is 7.49. The molecule has 0 bridgehead atoms. The van der Waals surface area contributed by atoms with Crippen LogP contribution in [0.5, 0.6) is 0 Å². The molecule has 0 aliphatic heterocycles. The van der Waals surface area contributed by atoms with Gasteiger partial charge in [-0.25, -0.2) is 0 Å². The maximum absolute atomic E-state index is 13.0. The lowest BCUT2D eigenvalue weighted by Gasteiger charge is -2.38. The smallest absolute Gasteiger partial charge is 0.166 e. The van der Waals surface area contributed by atoms with Gasteiger partial charge in [0.25, 0.3) is 0 Å². The molecule has 0 spiro atoms. The lowest BCUT2D eigenvalue weighted by Crippen LogP contribution is -2.26. The van der Waals surface area contributed by atoms with Crippen molar-refractivity contribution in [3.8, 4) is 0 Å². The summed E-state index contributed by atoms with van der Waals surface area (Å²) < 4.78 is 38.9. The zero-order chi connectivity index (χ0) is 17.2. The van der Waals surface area contributed by atoms with Crippen molar-refractivity contribution < 1.29 is 13.2 Å². The number of alkyl halides is 3. The van der Waals surface area contributed by atoms with Crippen LogP contribution in [0.15, 0.2) is 24.3 Å². The molecule has 0 heterocycles. The Morgan fingerprint density at radius 1 is 0.958 bits per heavy atom. The minimum absolute atomic E-state index is 0.315. The lowest BCUT2D eigenvalue weighted by molar-refractivity contribution is -0.137. The van der Waals surface area contributed by atoms with Gasteiger partial charge in [0.1, 0.15) is 0 Å². The maximum atomic E-state index is 13.0. The summed E-state index contributed by atoms with van der Waals surface area (Å²) in [6.07, 6.45) is 7.00. The average Bonchev–Trinajstić information content (AvgIpc) is 2.61. The third-order valence-corrected chi connectivity index (χ3v) is 6.54. The fourth-order valence-corrected chi connectivity index (χ4v) is 5.00. The molecule has 0 nitrogen and oxygen atoms in total. The van der Waals surface area contributed by atoms with Crippen LogP contribution in [0, 0.1) is 17.8 Å². The Hall–Kier alpha value is -0.990. The van der Waals surface area contributed by atoms with Gasteiger partial charge >= 0.3 is 6.18 Å². The summed E-state index contributed by atoms with van der Waals surface area (Å²) in [7, 11) is 0. The SMILES string of the molecule is CCC1CCC(C2CCCC(c3cccc(C(F)(F)F)c3)C2)CC1. The van der Waals surface area contributed by atoms with Crippen molar-refractivity contribution in [2.24, 2.45) is 17.8 Å². The molecular formula is C21H29F3. The fourth-order valence-electron chi connectivity index (χ4n) is 5.00. The zero-order valence-electron chi connectivity index (χ0n) is 14.6. The van der Waals surface area contributed by atoms with Crippen LogP contribution in [0.2, 0.25) is 0 Å². The summed E-state index contributed by atoms with van der Waals surface area (Å²) in [4.78, 5) is 0. The van der Waals surface area contributed by atoms with Crippen LogP contribution in [0.3, 0.4) is 0 Å². The first-order valence-electron chi connectivity index (χ1n) is 9.64. The number of rotatable bonds is 3. The summed E-state index contributed by atoms with van der Waals surface area (Å²) >= 11 is 0. The molecular weight excluding hydrogens is 309 g/mol. The summed E-state index contributed by atoms with van der Waals surface area (Å²) in [6, 6.07) is 6.06.